The van der Waals surface area contributed by atoms with E-state index in [2.05, 4.69) is 15.9 Å². The van der Waals surface area contributed by atoms with Crippen molar-refractivity contribution in [1.29, 1.82) is 0 Å². The molecule has 1 heterocycles. The molecule has 4 heteroatoms. The van der Waals surface area contributed by atoms with Crippen molar-refractivity contribution in [2.45, 2.75) is 19.8 Å². The summed E-state index contributed by atoms with van der Waals surface area (Å²) in [6, 6.07) is 0. The molecule has 0 aliphatic rings. The molecule has 1 N–H and O–H groups in total. The maximum Gasteiger partial charge on any atom is 0.346 e. The maximum atomic E-state index is 10.7. The van der Waals surface area contributed by atoms with Crippen LogP contribution in [0.3, 0.4) is 0 Å². The lowest BCUT2D eigenvalue weighted by Crippen LogP contribution is -1.99. The van der Waals surface area contributed by atoms with E-state index in [1.807, 2.05) is 19.2 Å². The van der Waals surface area contributed by atoms with Crippen molar-refractivity contribution in [3.05, 3.63) is 20.3 Å². The molecule has 1 aromatic rings. The Morgan fingerprint density at radius 1 is 1.67 bits per heavy atom. The minimum absolute atomic E-state index is 0.247. The molecule has 12 heavy (non-hydrogen) atoms. The average molecular weight is 249 g/mol. The first-order chi connectivity index (χ1) is 5.54. The van der Waals surface area contributed by atoms with E-state index >= 15 is 0 Å². The van der Waals surface area contributed by atoms with Crippen LogP contribution >= 0.6 is 27.3 Å². The van der Waals surface area contributed by atoms with Gasteiger partial charge < -0.3 is 5.11 Å². The first kappa shape index (κ1) is 9.74. The number of aromatic carboxylic acids is 1. The summed E-state index contributed by atoms with van der Waals surface area (Å²) in [4.78, 5) is 11.2. The van der Waals surface area contributed by atoms with Gasteiger partial charge in [0.1, 0.15) is 4.88 Å². The van der Waals surface area contributed by atoms with Gasteiger partial charge in [0, 0.05) is 9.85 Å². The minimum atomic E-state index is -0.839. The van der Waals surface area contributed by atoms with Crippen LogP contribution in [0, 0.1) is 0 Å². The Labute approximate surface area is 83.4 Å². The van der Waals surface area contributed by atoms with E-state index in [1.165, 1.54) is 11.3 Å². The molecule has 0 fully saturated rings. The smallest absolute Gasteiger partial charge is 0.346 e. The number of halogens is 1. The summed E-state index contributed by atoms with van der Waals surface area (Å²) in [5.74, 6) is -0.592. The van der Waals surface area contributed by atoms with Gasteiger partial charge in [-0.1, -0.05) is 13.8 Å². The highest BCUT2D eigenvalue weighted by Crippen LogP contribution is 2.33. The first-order valence-corrected chi connectivity index (χ1v) is 5.21. The Bertz CT molecular complexity index is 304. The Balaban J connectivity index is 3.21. The monoisotopic (exact) mass is 248 g/mol. The van der Waals surface area contributed by atoms with Crippen molar-refractivity contribution in [2.75, 3.05) is 0 Å². The van der Waals surface area contributed by atoms with E-state index in [4.69, 9.17) is 5.11 Å². The van der Waals surface area contributed by atoms with Crippen molar-refractivity contribution in [3.63, 3.8) is 0 Å². The van der Waals surface area contributed by atoms with Crippen LogP contribution in [0.15, 0.2) is 9.85 Å². The van der Waals surface area contributed by atoms with E-state index in [-0.39, 0.29) is 5.92 Å². The van der Waals surface area contributed by atoms with Crippen LogP contribution in [0.5, 0.6) is 0 Å². The number of carboxylic acids is 1. The topological polar surface area (TPSA) is 37.3 Å². The van der Waals surface area contributed by atoms with Gasteiger partial charge in [-0.25, -0.2) is 4.79 Å². The fraction of sp³-hybridized carbons (Fsp3) is 0.375. The van der Waals surface area contributed by atoms with Gasteiger partial charge in [-0.2, -0.15) is 0 Å². The van der Waals surface area contributed by atoms with Gasteiger partial charge in [-0.3, -0.25) is 0 Å². The number of thiophene rings is 1. The molecule has 2 nitrogen and oxygen atoms in total. The lowest BCUT2D eigenvalue weighted by Gasteiger charge is -2.04. The molecule has 0 bridgehead atoms. The second-order valence-corrected chi connectivity index (χ2v) is 4.52. The standard InChI is InChI=1S/C8H9BrO2S/c1-4(2)6-5(9)3-12-7(6)8(10)11/h3-4H,1-2H3,(H,10,11). The Hall–Kier alpha value is -0.350. The molecule has 0 aliphatic heterocycles. The SMILES string of the molecule is CC(C)c1c(Br)csc1C(=O)O. The molecule has 0 atom stereocenters. The van der Waals surface area contributed by atoms with Gasteiger partial charge in [0.15, 0.2) is 0 Å². The molecule has 1 rings (SSSR count). The minimum Gasteiger partial charge on any atom is -0.477 e. The molecule has 1 aromatic heterocycles. The molecule has 0 saturated heterocycles. The molecule has 66 valence electrons. The summed E-state index contributed by atoms with van der Waals surface area (Å²) in [7, 11) is 0. The molecular formula is C8H9BrO2S. The molecule has 0 unspecified atom stereocenters. The molecule has 0 aliphatic carbocycles. The van der Waals surface area contributed by atoms with Crippen molar-refractivity contribution in [3.8, 4) is 0 Å². The van der Waals surface area contributed by atoms with Crippen LogP contribution in [-0.2, 0) is 0 Å². The number of carbonyl (C=O) groups is 1. The van der Waals surface area contributed by atoms with E-state index in [1.54, 1.807) is 0 Å². The number of rotatable bonds is 2. The Kier molecular flexibility index (Phi) is 2.90. The zero-order chi connectivity index (χ0) is 9.30. The van der Waals surface area contributed by atoms with Crippen LogP contribution in [0.4, 0.5) is 0 Å². The third-order valence-corrected chi connectivity index (χ3v) is 3.50. The van der Waals surface area contributed by atoms with Crippen molar-refractivity contribution < 1.29 is 9.90 Å². The van der Waals surface area contributed by atoms with E-state index in [0.29, 0.717) is 4.88 Å². The third-order valence-electron chi connectivity index (χ3n) is 1.55. The van der Waals surface area contributed by atoms with Crippen LogP contribution in [0.1, 0.15) is 35.0 Å². The largest absolute Gasteiger partial charge is 0.477 e. The highest BCUT2D eigenvalue weighted by molar-refractivity contribution is 9.10. The van der Waals surface area contributed by atoms with Gasteiger partial charge in [0.2, 0.25) is 0 Å². The predicted molar refractivity (Wildman–Crippen MR) is 53.1 cm³/mol. The summed E-state index contributed by atoms with van der Waals surface area (Å²) < 4.78 is 0.903. The first-order valence-electron chi connectivity index (χ1n) is 3.54. The van der Waals surface area contributed by atoms with Crippen LogP contribution in [-0.4, -0.2) is 11.1 Å². The van der Waals surface area contributed by atoms with Gasteiger partial charge in [0.25, 0.3) is 0 Å². The van der Waals surface area contributed by atoms with Crippen LogP contribution in [0.25, 0.3) is 0 Å². The van der Waals surface area contributed by atoms with Crippen molar-refractivity contribution >= 4 is 33.2 Å². The van der Waals surface area contributed by atoms with Crippen molar-refractivity contribution in [2.24, 2.45) is 0 Å². The summed E-state index contributed by atoms with van der Waals surface area (Å²) in [6.07, 6.45) is 0. The fourth-order valence-corrected chi connectivity index (χ4v) is 3.04. The lowest BCUT2D eigenvalue weighted by molar-refractivity contribution is 0.0700. The van der Waals surface area contributed by atoms with Gasteiger partial charge in [-0.15, -0.1) is 11.3 Å². The molecule has 0 saturated carbocycles. The van der Waals surface area contributed by atoms with Crippen LogP contribution < -0.4 is 0 Å². The van der Waals surface area contributed by atoms with Gasteiger partial charge in [-0.05, 0) is 27.4 Å². The summed E-state index contributed by atoms with van der Waals surface area (Å²) >= 11 is 4.60. The number of hydrogen-bond acceptors (Lipinski definition) is 2. The molecule has 0 amide bonds. The molecule has 0 aromatic carbocycles. The highest BCUT2D eigenvalue weighted by atomic mass is 79.9. The lowest BCUT2D eigenvalue weighted by atomic mass is 10.0. The zero-order valence-corrected chi connectivity index (χ0v) is 9.20. The fourth-order valence-electron chi connectivity index (χ4n) is 1.05. The highest BCUT2D eigenvalue weighted by Gasteiger charge is 2.17. The third kappa shape index (κ3) is 1.69. The second kappa shape index (κ2) is 3.58. The zero-order valence-electron chi connectivity index (χ0n) is 6.80. The molecule has 0 radical (unpaired) electrons. The van der Waals surface area contributed by atoms with E-state index in [0.717, 1.165) is 10.0 Å². The predicted octanol–water partition coefficient (Wildman–Crippen LogP) is 3.33. The van der Waals surface area contributed by atoms with Gasteiger partial charge >= 0.3 is 5.97 Å². The number of hydrogen-bond donors (Lipinski definition) is 1. The summed E-state index contributed by atoms with van der Waals surface area (Å²) in [6.45, 7) is 3.97. The number of carboxylic acid groups (broad SMARTS) is 1. The summed E-state index contributed by atoms with van der Waals surface area (Å²) in [5, 5.41) is 10.6. The average Bonchev–Trinajstić information content (AvgIpc) is 2.30. The van der Waals surface area contributed by atoms with E-state index in [9.17, 15) is 4.79 Å². The van der Waals surface area contributed by atoms with Crippen LogP contribution in [0.2, 0.25) is 0 Å². The van der Waals surface area contributed by atoms with Gasteiger partial charge in [0.05, 0.1) is 0 Å². The normalized spacial score (nSPS) is 10.7. The molecule has 0 spiro atoms. The summed E-state index contributed by atoms with van der Waals surface area (Å²) in [5.41, 5.74) is 0.896. The van der Waals surface area contributed by atoms with Crippen molar-refractivity contribution in [1.82, 2.24) is 0 Å². The molecular weight excluding hydrogens is 240 g/mol. The second-order valence-electron chi connectivity index (χ2n) is 2.79. The quantitative estimate of drug-likeness (QED) is 0.872. The Morgan fingerprint density at radius 2 is 2.25 bits per heavy atom. The van der Waals surface area contributed by atoms with E-state index < -0.39 is 5.97 Å². The maximum absolute atomic E-state index is 10.7. The Morgan fingerprint density at radius 3 is 2.58 bits per heavy atom.